The quantitative estimate of drug-likeness (QED) is 0.809. The summed E-state index contributed by atoms with van der Waals surface area (Å²) >= 11 is 1.52. The third kappa shape index (κ3) is 3.86. The van der Waals surface area contributed by atoms with Crippen LogP contribution in [0.1, 0.15) is 43.9 Å². The summed E-state index contributed by atoms with van der Waals surface area (Å²) in [5.41, 5.74) is 0. The standard InChI is InChI=1S/C15H24N2O2S2/c1-11-3-2-4-12(11)9-17-21(18,19)15-7-8-20-14(15)10-16-13-5-6-13/h7-8,11-13,16-17H,2-6,9-10H2,1H3. The second kappa shape index (κ2) is 6.36. The van der Waals surface area contributed by atoms with Gasteiger partial charge in [0.05, 0.1) is 4.90 Å². The molecule has 2 saturated carbocycles. The van der Waals surface area contributed by atoms with Crippen LogP contribution in [-0.4, -0.2) is 21.0 Å². The Morgan fingerprint density at radius 2 is 2.10 bits per heavy atom. The lowest BCUT2D eigenvalue weighted by Gasteiger charge is -2.16. The van der Waals surface area contributed by atoms with Crippen LogP contribution in [0.25, 0.3) is 0 Å². The molecule has 1 aromatic rings. The zero-order valence-corrected chi connectivity index (χ0v) is 14.1. The van der Waals surface area contributed by atoms with Gasteiger partial charge in [0.15, 0.2) is 0 Å². The van der Waals surface area contributed by atoms with Crippen molar-refractivity contribution in [2.45, 2.75) is 56.5 Å². The summed E-state index contributed by atoms with van der Waals surface area (Å²) in [5.74, 6) is 1.12. The first-order valence-electron chi connectivity index (χ1n) is 7.85. The van der Waals surface area contributed by atoms with Gasteiger partial charge in [-0.15, -0.1) is 11.3 Å². The van der Waals surface area contributed by atoms with Gasteiger partial charge in [0, 0.05) is 24.0 Å². The lowest BCUT2D eigenvalue weighted by molar-refractivity contribution is 0.414. The Morgan fingerprint density at radius 1 is 1.29 bits per heavy atom. The van der Waals surface area contributed by atoms with Crippen LogP contribution in [0.4, 0.5) is 0 Å². The highest BCUT2D eigenvalue weighted by Gasteiger charge is 2.27. The second-order valence-electron chi connectivity index (χ2n) is 6.38. The fourth-order valence-corrected chi connectivity index (χ4v) is 5.53. The molecule has 2 fully saturated rings. The van der Waals surface area contributed by atoms with Gasteiger partial charge in [-0.3, -0.25) is 0 Å². The van der Waals surface area contributed by atoms with Gasteiger partial charge in [-0.1, -0.05) is 19.8 Å². The van der Waals surface area contributed by atoms with E-state index in [0.29, 0.717) is 35.9 Å². The van der Waals surface area contributed by atoms with Gasteiger partial charge in [-0.2, -0.15) is 0 Å². The zero-order valence-electron chi connectivity index (χ0n) is 12.5. The van der Waals surface area contributed by atoms with E-state index in [1.54, 1.807) is 6.07 Å². The number of hydrogen-bond donors (Lipinski definition) is 2. The molecule has 0 aromatic carbocycles. The molecule has 118 valence electrons. The van der Waals surface area contributed by atoms with Gasteiger partial charge >= 0.3 is 0 Å². The summed E-state index contributed by atoms with van der Waals surface area (Å²) in [4.78, 5) is 1.39. The lowest BCUT2D eigenvalue weighted by Crippen LogP contribution is -2.31. The largest absolute Gasteiger partial charge is 0.309 e. The summed E-state index contributed by atoms with van der Waals surface area (Å²) in [6.45, 7) is 3.47. The number of rotatable bonds is 7. The predicted molar refractivity (Wildman–Crippen MR) is 85.9 cm³/mol. The van der Waals surface area contributed by atoms with Crippen molar-refractivity contribution in [2.24, 2.45) is 11.8 Å². The topological polar surface area (TPSA) is 58.2 Å². The lowest BCUT2D eigenvalue weighted by atomic mass is 9.99. The maximum Gasteiger partial charge on any atom is 0.241 e. The molecule has 2 atom stereocenters. The molecule has 0 bridgehead atoms. The second-order valence-corrected chi connectivity index (χ2v) is 9.12. The van der Waals surface area contributed by atoms with E-state index in [2.05, 4.69) is 17.0 Å². The molecule has 0 amide bonds. The van der Waals surface area contributed by atoms with E-state index < -0.39 is 10.0 Å². The Labute approximate surface area is 131 Å². The van der Waals surface area contributed by atoms with Gasteiger partial charge < -0.3 is 5.32 Å². The summed E-state index contributed by atoms with van der Waals surface area (Å²) in [6.07, 6.45) is 6.02. The minimum Gasteiger partial charge on any atom is -0.309 e. The molecular formula is C15H24N2O2S2. The molecule has 0 aliphatic heterocycles. The third-order valence-electron chi connectivity index (χ3n) is 4.70. The van der Waals surface area contributed by atoms with E-state index in [0.717, 1.165) is 11.3 Å². The molecule has 2 aliphatic rings. The Bertz CT molecular complexity index is 578. The first kappa shape index (κ1) is 15.5. The number of sulfonamides is 1. The smallest absolute Gasteiger partial charge is 0.241 e. The molecule has 1 heterocycles. The van der Waals surface area contributed by atoms with E-state index >= 15 is 0 Å². The van der Waals surface area contributed by atoms with Gasteiger partial charge in [0.25, 0.3) is 0 Å². The average Bonchev–Trinajstić information content (AvgIpc) is 2.98. The van der Waals surface area contributed by atoms with Crippen molar-refractivity contribution in [1.82, 2.24) is 10.0 Å². The third-order valence-corrected chi connectivity index (χ3v) is 7.26. The van der Waals surface area contributed by atoms with E-state index in [4.69, 9.17) is 0 Å². The van der Waals surface area contributed by atoms with Crippen LogP contribution in [0.5, 0.6) is 0 Å². The average molecular weight is 329 g/mol. The number of thiophene rings is 1. The number of hydrogen-bond acceptors (Lipinski definition) is 4. The summed E-state index contributed by atoms with van der Waals surface area (Å²) in [7, 11) is -3.37. The fraction of sp³-hybridized carbons (Fsp3) is 0.733. The van der Waals surface area contributed by atoms with Gasteiger partial charge in [-0.05, 0) is 42.5 Å². The molecular weight excluding hydrogens is 304 g/mol. The van der Waals surface area contributed by atoms with E-state index in [1.165, 1.54) is 37.0 Å². The zero-order chi connectivity index (χ0) is 14.9. The maximum absolute atomic E-state index is 12.5. The van der Waals surface area contributed by atoms with Crippen molar-refractivity contribution in [2.75, 3.05) is 6.54 Å². The van der Waals surface area contributed by atoms with Crippen molar-refractivity contribution in [1.29, 1.82) is 0 Å². The van der Waals surface area contributed by atoms with Crippen LogP contribution >= 0.6 is 11.3 Å². The minimum atomic E-state index is -3.37. The van der Waals surface area contributed by atoms with Crippen LogP contribution in [0, 0.1) is 11.8 Å². The van der Waals surface area contributed by atoms with E-state index in [9.17, 15) is 8.42 Å². The molecule has 2 N–H and O–H groups in total. The van der Waals surface area contributed by atoms with E-state index in [-0.39, 0.29) is 0 Å². The fourth-order valence-electron chi connectivity index (χ4n) is 3.04. The molecule has 0 radical (unpaired) electrons. The van der Waals surface area contributed by atoms with Crippen LogP contribution in [0.3, 0.4) is 0 Å². The molecule has 21 heavy (non-hydrogen) atoms. The molecule has 0 spiro atoms. The molecule has 3 rings (SSSR count). The molecule has 1 aromatic heterocycles. The van der Waals surface area contributed by atoms with E-state index in [1.807, 2.05) is 5.38 Å². The Hall–Kier alpha value is -0.430. The number of nitrogens with one attached hydrogen (secondary N) is 2. The Kier molecular flexibility index (Phi) is 4.69. The predicted octanol–water partition coefficient (Wildman–Crippen LogP) is 2.71. The van der Waals surface area contributed by atoms with Crippen molar-refractivity contribution < 1.29 is 8.42 Å². The van der Waals surface area contributed by atoms with Gasteiger partial charge in [0.2, 0.25) is 10.0 Å². The van der Waals surface area contributed by atoms with Crippen molar-refractivity contribution in [3.05, 3.63) is 16.3 Å². The molecule has 6 heteroatoms. The van der Waals surface area contributed by atoms with Crippen LogP contribution in [0.2, 0.25) is 0 Å². The summed E-state index contributed by atoms with van der Waals surface area (Å²) < 4.78 is 27.8. The van der Waals surface area contributed by atoms with Crippen molar-refractivity contribution in [3.8, 4) is 0 Å². The maximum atomic E-state index is 12.5. The first-order chi connectivity index (χ1) is 10.1. The van der Waals surface area contributed by atoms with Gasteiger partial charge in [-0.25, -0.2) is 13.1 Å². The van der Waals surface area contributed by atoms with Crippen molar-refractivity contribution in [3.63, 3.8) is 0 Å². The SMILES string of the molecule is CC1CCCC1CNS(=O)(=O)c1ccsc1CNC1CC1. The monoisotopic (exact) mass is 328 g/mol. The highest BCUT2D eigenvalue weighted by atomic mass is 32.2. The molecule has 4 nitrogen and oxygen atoms in total. The first-order valence-corrected chi connectivity index (χ1v) is 10.2. The minimum absolute atomic E-state index is 0.464. The molecule has 2 unspecified atom stereocenters. The van der Waals surface area contributed by atoms with Crippen LogP contribution in [0.15, 0.2) is 16.3 Å². The Balaban J connectivity index is 1.62. The highest BCUT2D eigenvalue weighted by Crippen LogP contribution is 2.31. The van der Waals surface area contributed by atoms with Gasteiger partial charge in [0.1, 0.15) is 0 Å². The van der Waals surface area contributed by atoms with Crippen LogP contribution in [-0.2, 0) is 16.6 Å². The normalized spacial score (nSPS) is 26.3. The van der Waals surface area contributed by atoms with Crippen LogP contribution < -0.4 is 10.0 Å². The summed E-state index contributed by atoms with van der Waals surface area (Å²) in [5, 5.41) is 5.27. The summed E-state index contributed by atoms with van der Waals surface area (Å²) in [6, 6.07) is 2.32. The highest BCUT2D eigenvalue weighted by molar-refractivity contribution is 7.89. The Morgan fingerprint density at radius 3 is 2.76 bits per heavy atom. The van der Waals surface area contributed by atoms with Crippen molar-refractivity contribution >= 4 is 21.4 Å². The molecule has 2 aliphatic carbocycles. The molecule has 0 saturated heterocycles.